The van der Waals surface area contributed by atoms with Gasteiger partial charge >= 0.3 is 0 Å². The Bertz CT molecular complexity index is 1180. The minimum absolute atomic E-state index is 0.0423. The topological polar surface area (TPSA) is 112 Å². The van der Waals surface area contributed by atoms with Crippen LogP contribution in [-0.4, -0.2) is 32.3 Å². The minimum Gasteiger partial charge on any atom is -0.481 e. The Morgan fingerprint density at radius 2 is 2.03 bits per heavy atom. The molecule has 0 fully saturated rings. The highest BCUT2D eigenvalue weighted by Crippen LogP contribution is 2.31. The molecule has 0 radical (unpaired) electrons. The van der Waals surface area contributed by atoms with Gasteiger partial charge in [0.05, 0.1) is 22.0 Å². The molecule has 3 aromatic rings. The Kier molecular flexibility index (Phi) is 8.37. The van der Waals surface area contributed by atoms with Crippen molar-refractivity contribution in [2.45, 2.75) is 24.7 Å². The zero-order valence-electron chi connectivity index (χ0n) is 17.6. The number of aromatic nitrogens is 3. The van der Waals surface area contributed by atoms with E-state index in [1.807, 2.05) is 6.92 Å². The second-order valence-electron chi connectivity index (χ2n) is 6.82. The van der Waals surface area contributed by atoms with Crippen LogP contribution < -0.4 is 15.8 Å². The van der Waals surface area contributed by atoms with E-state index in [0.29, 0.717) is 39.0 Å². The smallest absolute Gasteiger partial charge is 0.250 e. The van der Waals surface area contributed by atoms with E-state index >= 15 is 0 Å². The average molecular weight is 506 g/mol. The number of nitrogens with zero attached hydrogens (tertiary/aromatic N) is 3. The summed E-state index contributed by atoms with van der Waals surface area (Å²) in [4.78, 5) is 24.0. The van der Waals surface area contributed by atoms with Crippen LogP contribution in [0.2, 0.25) is 10.0 Å². The van der Waals surface area contributed by atoms with Gasteiger partial charge in [0.2, 0.25) is 5.91 Å². The molecule has 2 amide bonds. The van der Waals surface area contributed by atoms with Crippen LogP contribution in [0.15, 0.2) is 60.3 Å². The number of nitrogens with two attached hydrogens (primary N) is 1. The van der Waals surface area contributed by atoms with Gasteiger partial charge in [0.15, 0.2) is 17.1 Å². The lowest BCUT2D eigenvalue weighted by Gasteiger charge is -2.16. The summed E-state index contributed by atoms with van der Waals surface area (Å²) in [5.41, 5.74) is 5.95. The molecule has 1 atom stereocenters. The predicted octanol–water partition coefficient (Wildman–Crippen LogP) is 4.74. The van der Waals surface area contributed by atoms with Crippen LogP contribution in [0.25, 0.3) is 0 Å². The lowest BCUT2D eigenvalue weighted by molar-refractivity contribution is -0.113. The molecule has 0 aliphatic carbocycles. The third kappa shape index (κ3) is 6.28. The van der Waals surface area contributed by atoms with Crippen LogP contribution >= 0.6 is 35.0 Å². The summed E-state index contributed by atoms with van der Waals surface area (Å²) in [6.45, 7) is 6.01. The van der Waals surface area contributed by atoms with Crippen LogP contribution in [0.1, 0.15) is 29.2 Å². The fourth-order valence-corrected chi connectivity index (χ4v) is 4.15. The maximum absolute atomic E-state index is 12.5. The van der Waals surface area contributed by atoms with Gasteiger partial charge in [-0.05, 0) is 37.3 Å². The highest BCUT2D eigenvalue weighted by molar-refractivity contribution is 7.99. The highest BCUT2D eigenvalue weighted by atomic mass is 35.5. The number of amides is 2. The van der Waals surface area contributed by atoms with E-state index < -0.39 is 12.0 Å². The maximum Gasteiger partial charge on any atom is 0.250 e. The van der Waals surface area contributed by atoms with Crippen LogP contribution in [0.3, 0.4) is 0 Å². The molecular formula is C22H21Cl2N5O3S. The summed E-state index contributed by atoms with van der Waals surface area (Å²) in [5, 5.41) is 12.5. The van der Waals surface area contributed by atoms with E-state index in [1.54, 1.807) is 53.1 Å². The van der Waals surface area contributed by atoms with Gasteiger partial charge in [-0.25, -0.2) is 0 Å². The first-order valence-electron chi connectivity index (χ1n) is 9.77. The number of rotatable bonds is 10. The quantitative estimate of drug-likeness (QED) is 0.304. The molecule has 0 spiro atoms. The molecule has 3 rings (SSSR count). The van der Waals surface area contributed by atoms with Crippen molar-refractivity contribution in [2.24, 2.45) is 5.73 Å². The number of halogens is 2. The largest absolute Gasteiger partial charge is 0.481 e. The van der Waals surface area contributed by atoms with Gasteiger partial charge in [0, 0.05) is 11.6 Å². The molecule has 1 aromatic heterocycles. The van der Waals surface area contributed by atoms with Crippen molar-refractivity contribution in [3.8, 4) is 5.75 Å². The van der Waals surface area contributed by atoms with Crippen LogP contribution in [-0.2, 0) is 11.3 Å². The molecule has 0 saturated carbocycles. The van der Waals surface area contributed by atoms with Crippen molar-refractivity contribution in [2.75, 3.05) is 11.1 Å². The number of para-hydroxylation sites is 1. The molecule has 0 bridgehead atoms. The Labute approximate surface area is 205 Å². The lowest BCUT2D eigenvalue weighted by atomic mass is 10.1. The molecule has 33 heavy (non-hydrogen) atoms. The second-order valence-corrected chi connectivity index (χ2v) is 8.61. The zero-order chi connectivity index (χ0) is 24.0. The van der Waals surface area contributed by atoms with Crippen molar-refractivity contribution in [1.82, 2.24) is 14.8 Å². The molecule has 0 aliphatic heterocycles. The fraction of sp³-hybridized carbons (Fsp3) is 0.182. The molecule has 2 aromatic carbocycles. The Balaban J connectivity index is 1.71. The van der Waals surface area contributed by atoms with E-state index in [2.05, 4.69) is 22.1 Å². The van der Waals surface area contributed by atoms with Gasteiger partial charge < -0.3 is 15.8 Å². The first kappa shape index (κ1) is 24.6. The number of allylic oxidation sites excluding steroid dienone is 1. The van der Waals surface area contributed by atoms with Gasteiger partial charge in [0.25, 0.3) is 5.91 Å². The summed E-state index contributed by atoms with van der Waals surface area (Å²) in [6, 6.07) is 11.5. The first-order valence-corrected chi connectivity index (χ1v) is 11.5. The van der Waals surface area contributed by atoms with Gasteiger partial charge in [-0.3, -0.25) is 14.2 Å². The van der Waals surface area contributed by atoms with Crippen LogP contribution in [0, 0.1) is 0 Å². The Morgan fingerprint density at radius 1 is 1.27 bits per heavy atom. The van der Waals surface area contributed by atoms with Gasteiger partial charge in [-0.1, -0.05) is 53.2 Å². The Morgan fingerprint density at radius 3 is 2.73 bits per heavy atom. The summed E-state index contributed by atoms with van der Waals surface area (Å²) in [6.07, 6.45) is 1.21. The Hall–Kier alpha value is -3.01. The van der Waals surface area contributed by atoms with Gasteiger partial charge in [0.1, 0.15) is 5.75 Å². The monoisotopic (exact) mass is 505 g/mol. The summed E-state index contributed by atoms with van der Waals surface area (Å²) < 4.78 is 7.75. The third-order valence-corrected chi connectivity index (χ3v) is 5.91. The normalized spacial score (nSPS) is 11.6. The number of nitrogens with one attached hydrogen (secondary N) is 1. The van der Waals surface area contributed by atoms with E-state index in [4.69, 9.17) is 33.7 Å². The number of hydrogen-bond acceptors (Lipinski definition) is 6. The number of carbonyl (C=O) groups excluding carboxylic acids is 2. The SMILES string of the molecule is C=CCn1c(SCC(=O)Nc2ccccc2C(N)=O)nnc1C(C)Oc1ccc(Cl)cc1Cl. The number of ether oxygens (including phenoxy) is 1. The molecule has 3 N–H and O–H groups in total. The molecule has 1 unspecified atom stereocenters. The number of carbonyl (C=O) groups is 2. The van der Waals surface area contributed by atoms with Gasteiger partial charge in [-0.15, -0.1) is 16.8 Å². The van der Waals surface area contributed by atoms with E-state index in [1.165, 1.54) is 11.8 Å². The number of anilines is 1. The summed E-state index contributed by atoms with van der Waals surface area (Å²) in [7, 11) is 0. The molecule has 0 aliphatic rings. The molecule has 172 valence electrons. The van der Waals surface area contributed by atoms with Crippen molar-refractivity contribution >= 4 is 52.5 Å². The number of thioether (sulfide) groups is 1. The lowest BCUT2D eigenvalue weighted by Crippen LogP contribution is -2.19. The van der Waals surface area contributed by atoms with Crippen LogP contribution in [0.5, 0.6) is 5.75 Å². The van der Waals surface area contributed by atoms with E-state index in [-0.39, 0.29) is 17.2 Å². The average Bonchev–Trinajstić information content (AvgIpc) is 3.17. The summed E-state index contributed by atoms with van der Waals surface area (Å²) in [5.74, 6) is 0.108. The van der Waals surface area contributed by atoms with Crippen LogP contribution in [0.4, 0.5) is 5.69 Å². The number of benzene rings is 2. The fourth-order valence-electron chi connectivity index (χ4n) is 2.95. The maximum atomic E-state index is 12.5. The zero-order valence-corrected chi connectivity index (χ0v) is 20.0. The van der Waals surface area contributed by atoms with E-state index in [0.717, 1.165) is 0 Å². The molecule has 1 heterocycles. The van der Waals surface area contributed by atoms with E-state index in [9.17, 15) is 9.59 Å². The van der Waals surface area contributed by atoms with Crippen molar-refractivity contribution in [1.29, 1.82) is 0 Å². The minimum atomic E-state index is -0.622. The van der Waals surface area contributed by atoms with Crippen molar-refractivity contribution in [3.05, 3.63) is 76.6 Å². The first-order chi connectivity index (χ1) is 15.8. The molecule has 0 saturated heterocycles. The number of hydrogen-bond donors (Lipinski definition) is 2. The highest BCUT2D eigenvalue weighted by Gasteiger charge is 2.21. The van der Waals surface area contributed by atoms with Crippen molar-refractivity contribution in [3.63, 3.8) is 0 Å². The molecule has 8 nitrogen and oxygen atoms in total. The number of primary amides is 1. The standard InChI is InChI=1S/C22H21Cl2N5O3S/c1-3-10-29-21(13(2)32-18-9-8-14(23)11-16(18)24)27-28-22(29)33-12-19(30)26-17-7-5-4-6-15(17)20(25)31/h3-9,11,13H,1,10,12H2,2H3,(H2,25,31)(H,26,30). The molecular weight excluding hydrogens is 485 g/mol. The predicted molar refractivity (Wildman–Crippen MR) is 130 cm³/mol. The van der Waals surface area contributed by atoms with Gasteiger partial charge in [-0.2, -0.15) is 0 Å². The summed E-state index contributed by atoms with van der Waals surface area (Å²) >= 11 is 13.3. The van der Waals surface area contributed by atoms with Crippen molar-refractivity contribution < 1.29 is 14.3 Å². The second kappa shape index (κ2) is 11.2. The third-order valence-electron chi connectivity index (χ3n) is 4.42. The molecule has 11 heteroatoms.